The number of ether oxygens (including phenoxy) is 1. The lowest BCUT2D eigenvalue weighted by Gasteiger charge is -2.19. The number of anilines is 1. The number of nitrogens with one attached hydrogen (secondary N) is 1. The maximum atomic E-state index is 13.5. The van der Waals surface area contributed by atoms with Crippen molar-refractivity contribution in [2.24, 2.45) is 0 Å². The van der Waals surface area contributed by atoms with E-state index in [0.717, 1.165) is 6.07 Å². The summed E-state index contributed by atoms with van der Waals surface area (Å²) < 4.78 is 45.9. The molecule has 5 nitrogen and oxygen atoms in total. The average molecular weight is 304 g/mol. The van der Waals surface area contributed by atoms with Crippen LogP contribution in [0.3, 0.4) is 0 Å². The van der Waals surface area contributed by atoms with Gasteiger partial charge in [0.2, 0.25) is 10.0 Å². The first-order valence-electron chi connectivity index (χ1n) is 6.31. The van der Waals surface area contributed by atoms with Gasteiger partial charge in [0.15, 0.2) is 0 Å². The van der Waals surface area contributed by atoms with E-state index in [1.165, 1.54) is 14.0 Å². The molecule has 20 heavy (non-hydrogen) atoms. The summed E-state index contributed by atoms with van der Waals surface area (Å²) >= 11 is 0. The summed E-state index contributed by atoms with van der Waals surface area (Å²) in [6.45, 7) is 5.16. The number of nitrogen functional groups attached to an aromatic ring is 1. The van der Waals surface area contributed by atoms with Gasteiger partial charge in [-0.3, -0.25) is 0 Å². The number of halogens is 1. The van der Waals surface area contributed by atoms with Crippen molar-refractivity contribution in [2.75, 3.05) is 19.5 Å². The number of aryl methyl sites for hydroxylation is 1. The van der Waals surface area contributed by atoms with Crippen LogP contribution in [0.1, 0.15) is 24.5 Å². The monoisotopic (exact) mass is 304 g/mol. The summed E-state index contributed by atoms with van der Waals surface area (Å²) in [7, 11) is -2.27. The summed E-state index contributed by atoms with van der Waals surface area (Å²) in [6.07, 6.45) is 0.585. The predicted octanol–water partition coefficient (Wildman–Crippen LogP) is 1.73. The molecule has 0 aliphatic carbocycles. The Morgan fingerprint density at radius 1 is 1.45 bits per heavy atom. The Hall–Kier alpha value is -1.18. The lowest BCUT2D eigenvalue weighted by atomic mass is 10.1. The van der Waals surface area contributed by atoms with Gasteiger partial charge in [-0.05, 0) is 37.5 Å². The van der Waals surface area contributed by atoms with Crippen molar-refractivity contribution in [2.45, 2.75) is 38.1 Å². The molecule has 7 heteroatoms. The number of rotatable bonds is 6. The molecule has 1 unspecified atom stereocenters. The van der Waals surface area contributed by atoms with E-state index in [9.17, 15) is 12.8 Å². The molecule has 0 fully saturated rings. The molecule has 0 aliphatic heterocycles. The number of sulfonamides is 1. The molecular weight excluding hydrogens is 283 g/mol. The molecule has 0 saturated heterocycles. The van der Waals surface area contributed by atoms with E-state index in [1.807, 2.05) is 6.92 Å². The van der Waals surface area contributed by atoms with Gasteiger partial charge in [0.1, 0.15) is 5.82 Å². The summed E-state index contributed by atoms with van der Waals surface area (Å²) in [5.41, 5.74) is 5.99. The molecule has 114 valence electrons. The van der Waals surface area contributed by atoms with E-state index < -0.39 is 15.8 Å². The van der Waals surface area contributed by atoms with Crippen molar-refractivity contribution in [1.29, 1.82) is 0 Å². The van der Waals surface area contributed by atoms with Gasteiger partial charge in [-0.1, -0.05) is 6.92 Å². The Kier molecular flexibility index (Phi) is 5.50. The zero-order valence-electron chi connectivity index (χ0n) is 12.2. The van der Waals surface area contributed by atoms with Crippen molar-refractivity contribution in [3.8, 4) is 0 Å². The van der Waals surface area contributed by atoms with Crippen LogP contribution in [0.2, 0.25) is 0 Å². The first-order valence-corrected chi connectivity index (χ1v) is 7.79. The van der Waals surface area contributed by atoms with Gasteiger partial charge >= 0.3 is 0 Å². The molecule has 0 aliphatic rings. The minimum atomic E-state index is -3.77. The second-order valence-electron chi connectivity index (χ2n) is 4.72. The fourth-order valence-corrected chi connectivity index (χ4v) is 3.85. The molecule has 1 aromatic carbocycles. The van der Waals surface area contributed by atoms with Crippen LogP contribution in [0.5, 0.6) is 0 Å². The van der Waals surface area contributed by atoms with E-state index in [-0.39, 0.29) is 28.8 Å². The third-order valence-electron chi connectivity index (χ3n) is 3.15. The molecule has 0 bridgehead atoms. The van der Waals surface area contributed by atoms with E-state index >= 15 is 0 Å². The van der Waals surface area contributed by atoms with E-state index in [1.54, 1.807) is 6.92 Å². The highest BCUT2D eigenvalue weighted by Crippen LogP contribution is 2.27. The van der Waals surface area contributed by atoms with Crippen molar-refractivity contribution in [3.05, 3.63) is 23.0 Å². The smallest absolute Gasteiger partial charge is 0.241 e. The van der Waals surface area contributed by atoms with Crippen LogP contribution in [-0.4, -0.2) is 28.2 Å². The Morgan fingerprint density at radius 3 is 2.55 bits per heavy atom. The summed E-state index contributed by atoms with van der Waals surface area (Å²) in [5, 5.41) is 0. The average Bonchev–Trinajstić information content (AvgIpc) is 2.34. The number of benzene rings is 1. The largest absolute Gasteiger partial charge is 0.396 e. The molecule has 1 aromatic rings. The van der Waals surface area contributed by atoms with Crippen molar-refractivity contribution >= 4 is 15.7 Å². The van der Waals surface area contributed by atoms with Crippen LogP contribution >= 0.6 is 0 Å². The van der Waals surface area contributed by atoms with Crippen LogP contribution in [0, 0.1) is 19.7 Å². The van der Waals surface area contributed by atoms with E-state index in [2.05, 4.69) is 4.72 Å². The molecule has 0 radical (unpaired) electrons. The van der Waals surface area contributed by atoms with Crippen LogP contribution in [-0.2, 0) is 14.8 Å². The second kappa shape index (κ2) is 6.51. The zero-order chi connectivity index (χ0) is 15.5. The molecule has 0 spiro atoms. The number of hydrogen-bond donors (Lipinski definition) is 2. The first-order chi connectivity index (χ1) is 9.24. The second-order valence-corrected chi connectivity index (χ2v) is 6.38. The molecule has 1 rings (SSSR count). The SMILES string of the molecule is CCC(COC)NS(=O)(=O)c1c(C)cc(F)c(N)c1C. The summed E-state index contributed by atoms with van der Waals surface area (Å²) in [4.78, 5) is 0.0333. The minimum Gasteiger partial charge on any atom is -0.396 e. The maximum Gasteiger partial charge on any atom is 0.241 e. The lowest BCUT2D eigenvalue weighted by molar-refractivity contribution is 0.173. The van der Waals surface area contributed by atoms with Gasteiger partial charge in [-0.2, -0.15) is 0 Å². The highest BCUT2D eigenvalue weighted by molar-refractivity contribution is 7.89. The number of hydrogen-bond acceptors (Lipinski definition) is 4. The Balaban J connectivity index is 3.26. The highest BCUT2D eigenvalue weighted by Gasteiger charge is 2.25. The van der Waals surface area contributed by atoms with Gasteiger partial charge in [-0.25, -0.2) is 17.5 Å². The molecule has 0 saturated carbocycles. The normalized spacial score (nSPS) is 13.4. The zero-order valence-corrected chi connectivity index (χ0v) is 13.0. The molecule has 0 aromatic heterocycles. The summed E-state index contributed by atoms with van der Waals surface area (Å²) in [5.74, 6) is -0.608. The fourth-order valence-electron chi connectivity index (χ4n) is 2.06. The molecule has 0 amide bonds. The van der Waals surface area contributed by atoms with Crippen molar-refractivity contribution in [1.82, 2.24) is 4.72 Å². The molecule has 1 atom stereocenters. The first kappa shape index (κ1) is 16.9. The standard InChI is InChI=1S/C13H21FN2O3S/c1-5-10(7-19-4)16-20(17,18)13-8(2)6-11(14)12(15)9(13)3/h6,10,16H,5,7,15H2,1-4H3. The Morgan fingerprint density at radius 2 is 2.05 bits per heavy atom. The number of methoxy groups -OCH3 is 1. The molecular formula is C13H21FN2O3S. The predicted molar refractivity (Wildman–Crippen MR) is 76.6 cm³/mol. The highest BCUT2D eigenvalue weighted by atomic mass is 32.2. The van der Waals surface area contributed by atoms with Crippen LogP contribution in [0.25, 0.3) is 0 Å². The lowest BCUT2D eigenvalue weighted by Crippen LogP contribution is -2.38. The van der Waals surface area contributed by atoms with Gasteiger partial charge in [-0.15, -0.1) is 0 Å². The minimum absolute atomic E-state index is 0.0333. The van der Waals surface area contributed by atoms with Crippen molar-refractivity contribution in [3.63, 3.8) is 0 Å². The summed E-state index contributed by atoms with van der Waals surface area (Å²) in [6, 6.07) is 0.795. The van der Waals surface area contributed by atoms with Crippen molar-refractivity contribution < 1.29 is 17.5 Å². The van der Waals surface area contributed by atoms with E-state index in [4.69, 9.17) is 10.5 Å². The molecule has 0 heterocycles. The van der Waals surface area contributed by atoms with Gasteiger partial charge in [0.25, 0.3) is 0 Å². The topological polar surface area (TPSA) is 81.4 Å². The van der Waals surface area contributed by atoms with Crippen LogP contribution in [0.15, 0.2) is 11.0 Å². The quantitative estimate of drug-likeness (QED) is 0.784. The number of nitrogens with two attached hydrogens (primary N) is 1. The third-order valence-corrected chi connectivity index (χ3v) is 4.96. The Bertz CT molecular complexity index is 588. The fraction of sp³-hybridized carbons (Fsp3) is 0.538. The Labute approximate surface area is 119 Å². The van der Waals surface area contributed by atoms with E-state index in [0.29, 0.717) is 12.0 Å². The van der Waals surface area contributed by atoms with Gasteiger partial charge in [0, 0.05) is 13.2 Å². The van der Waals surface area contributed by atoms with Crippen LogP contribution < -0.4 is 10.5 Å². The maximum absolute atomic E-state index is 13.5. The third kappa shape index (κ3) is 3.47. The van der Waals surface area contributed by atoms with Gasteiger partial charge in [0.05, 0.1) is 17.2 Å². The van der Waals surface area contributed by atoms with Gasteiger partial charge < -0.3 is 10.5 Å². The molecule has 3 N–H and O–H groups in total. The van der Waals surface area contributed by atoms with Crippen LogP contribution in [0.4, 0.5) is 10.1 Å².